The lowest BCUT2D eigenvalue weighted by Crippen LogP contribution is -2.36. The minimum atomic E-state index is -0.498. The molecule has 0 saturated carbocycles. The molecule has 0 aromatic heterocycles. The quantitative estimate of drug-likeness (QED) is 0.199. The number of anilines is 4. The molecular weight excluding hydrogens is 655 g/mol. The smallest absolute Gasteiger partial charge is 0.145 e. The summed E-state index contributed by atoms with van der Waals surface area (Å²) in [5.74, 6) is 0. The number of rotatable bonds is 4. The Hall–Kier alpha value is -6.97. The second-order valence-corrected chi connectivity index (χ2v) is 14.3. The van der Waals surface area contributed by atoms with Crippen LogP contribution in [0.1, 0.15) is 45.1 Å². The molecule has 0 saturated heterocycles. The highest BCUT2D eigenvalue weighted by atomic mass is 15.2. The predicted molar refractivity (Wildman–Crippen MR) is 222 cm³/mol. The number of aliphatic imine (C=N–C) groups is 1. The predicted octanol–water partition coefficient (Wildman–Crippen LogP) is 12.5. The molecule has 254 valence electrons. The number of nitrogens with one attached hydrogen (secondary N) is 1. The molecule has 0 bridgehead atoms. The van der Waals surface area contributed by atoms with Gasteiger partial charge in [-0.15, -0.1) is 0 Å². The van der Waals surface area contributed by atoms with E-state index in [1.54, 1.807) is 0 Å². The van der Waals surface area contributed by atoms with Crippen molar-refractivity contribution >= 4 is 28.5 Å². The Morgan fingerprint density at radius 2 is 1.00 bits per heavy atom. The fraction of sp³-hybridized carbons (Fsp3) is 0.0392. The maximum Gasteiger partial charge on any atom is 0.145 e. The third-order valence-electron chi connectivity index (χ3n) is 11.5. The monoisotopic (exact) mass is 689 g/mol. The Balaban J connectivity index is 1.09. The van der Waals surface area contributed by atoms with Crippen molar-refractivity contribution in [3.05, 3.63) is 239 Å². The Morgan fingerprint density at radius 1 is 0.426 bits per heavy atom. The van der Waals surface area contributed by atoms with Crippen LogP contribution in [0.4, 0.5) is 22.7 Å². The summed E-state index contributed by atoms with van der Waals surface area (Å²) < 4.78 is 0. The highest BCUT2D eigenvalue weighted by Crippen LogP contribution is 2.63. The number of fused-ring (bicyclic) bond motifs is 10. The number of nitrogens with zero attached hydrogens (tertiary/aromatic N) is 2. The molecule has 2 heterocycles. The molecule has 3 heteroatoms. The van der Waals surface area contributed by atoms with Crippen LogP contribution < -0.4 is 10.2 Å². The first kappa shape index (κ1) is 30.6. The van der Waals surface area contributed by atoms with Crippen molar-refractivity contribution in [2.24, 2.45) is 4.99 Å². The molecule has 1 aliphatic carbocycles. The molecule has 1 atom stereocenters. The van der Waals surface area contributed by atoms with Gasteiger partial charge in [0.05, 0.1) is 22.5 Å². The summed E-state index contributed by atoms with van der Waals surface area (Å²) in [5, 5.41) is 3.74. The van der Waals surface area contributed by atoms with Crippen molar-refractivity contribution in [2.75, 3.05) is 10.2 Å². The summed E-state index contributed by atoms with van der Waals surface area (Å²) in [6.07, 6.45) is -0.221. The van der Waals surface area contributed by atoms with E-state index in [9.17, 15) is 0 Å². The van der Waals surface area contributed by atoms with Gasteiger partial charge >= 0.3 is 0 Å². The summed E-state index contributed by atoms with van der Waals surface area (Å²) in [5.41, 5.74) is 18.7. The third kappa shape index (κ3) is 4.45. The second-order valence-electron chi connectivity index (χ2n) is 14.3. The number of hydrogen-bond acceptors (Lipinski definition) is 3. The molecule has 0 fully saturated rings. The largest absolute Gasteiger partial charge is 0.360 e. The van der Waals surface area contributed by atoms with E-state index < -0.39 is 5.41 Å². The van der Waals surface area contributed by atoms with Gasteiger partial charge in [-0.25, -0.2) is 0 Å². The van der Waals surface area contributed by atoms with Crippen molar-refractivity contribution in [3.63, 3.8) is 0 Å². The number of hydrogen-bond donors (Lipinski definition) is 1. The van der Waals surface area contributed by atoms with E-state index >= 15 is 0 Å². The molecule has 8 aromatic carbocycles. The van der Waals surface area contributed by atoms with Gasteiger partial charge < -0.3 is 10.2 Å². The van der Waals surface area contributed by atoms with Gasteiger partial charge in [0.2, 0.25) is 0 Å². The van der Waals surface area contributed by atoms with Gasteiger partial charge in [0.15, 0.2) is 0 Å². The van der Waals surface area contributed by atoms with Gasteiger partial charge in [0.25, 0.3) is 0 Å². The molecule has 1 unspecified atom stereocenters. The van der Waals surface area contributed by atoms with Gasteiger partial charge in [0, 0.05) is 22.5 Å². The van der Waals surface area contributed by atoms with Crippen molar-refractivity contribution < 1.29 is 0 Å². The van der Waals surface area contributed by atoms with Crippen LogP contribution in [0.5, 0.6) is 0 Å². The molecule has 0 radical (unpaired) electrons. The van der Waals surface area contributed by atoms with Crippen LogP contribution in [0.3, 0.4) is 0 Å². The molecule has 3 aliphatic rings. The minimum Gasteiger partial charge on any atom is -0.360 e. The van der Waals surface area contributed by atoms with Crippen molar-refractivity contribution in [2.45, 2.75) is 11.6 Å². The normalized spacial score (nSPS) is 15.6. The van der Waals surface area contributed by atoms with Gasteiger partial charge in [-0.1, -0.05) is 158 Å². The summed E-state index contributed by atoms with van der Waals surface area (Å²) in [6.45, 7) is 0. The van der Waals surface area contributed by atoms with E-state index in [0.717, 1.165) is 33.8 Å². The number of para-hydroxylation sites is 4. The van der Waals surface area contributed by atoms with Crippen LogP contribution in [0.25, 0.3) is 22.3 Å². The van der Waals surface area contributed by atoms with Crippen LogP contribution >= 0.6 is 0 Å². The van der Waals surface area contributed by atoms with Gasteiger partial charge in [-0.3, -0.25) is 4.99 Å². The van der Waals surface area contributed by atoms with Crippen LogP contribution in [0.15, 0.2) is 205 Å². The van der Waals surface area contributed by atoms with Crippen LogP contribution in [0, 0.1) is 0 Å². The maximum atomic E-state index is 5.33. The molecule has 3 nitrogen and oxygen atoms in total. The first-order chi connectivity index (χ1) is 26.8. The zero-order valence-electron chi connectivity index (χ0n) is 29.5. The highest BCUT2D eigenvalue weighted by molar-refractivity contribution is 6.17. The Kier molecular flexibility index (Phi) is 6.83. The molecule has 0 amide bonds. The van der Waals surface area contributed by atoms with E-state index in [2.05, 4.69) is 210 Å². The number of benzene rings is 8. The molecular formula is C51H35N3. The summed E-state index contributed by atoms with van der Waals surface area (Å²) in [4.78, 5) is 7.77. The second kappa shape index (κ2) is 12.0. The standard InChI is InChI=1S/C51H35N3/c1-3-16-34(17-4-1)49-41-23-8-12-27-46(41)52-50(53-49)37-19-15-18-35(32-37)36-30-31-40-39-22-7-9-24-42(39)51(45(40)33-36)43-25-10-13-28-47(43)54(38-20-5-2-6-21-38)48-29-14-11-26-44(48)51/h1-33,50,52H. The fourth-order valence-corrected chi connectivity index (χ4v) is 9.21. The summed E-state index contributed by atoms with van der Waals surface area (Å²) in [6, 6.07) is 72.8. The van der Waals surface area contributed by atoms with E-state index in [1.807, 2.05) is 0 Å². The molecule has 8 aromatic rings. The molecule has 2 aliphatic heterocycles. The lowest BCUT2D eigenvalue weighted by molar-refractivity contribution is 0.753. The fourth-order valence-electron chi connectivity index (χ4n) is 9.21. The van der Waals surface area contributed by atoms with Crippen LogP contribution in [0.2, 0.25) is 0 Å². The van der Waals surface area contributed by atoms with E-state index in [0.29, 0.717) is 0 Å². The third-order valence-corrected chi connectivity index (χ3v) is 11.5. The van der Waals surface area contributed by atoms with Crippen LogP contribution in [-0.4, -0.2) is 5.71 Å². The minimum absolute atomic E-state index is 0.221. The average molecular weight is 690 g/mol. The summed E-state index contributed by atoms with van der Waals surface area (Å²) >= 11 is 0. The molecule has 1 N–H and O–H groups in total. The van der Waals surface area contributed by atoms with E-state index in [-0.39, 0.29) is 6.17 Å². The first-order valence-corrected chi connectivity index (χ1v) is 18.7. The SMILES string of the molecule is c1ccc(C2=NC(c3cccc(-c4ccc5c(c4)C4(c6ccccc6-5)c5ccccc5N(c5ccccc5)c5ccccc54)c3)Nc3ccccc32)cc1. The van der Waals surface area contributed by atoms with Gasteiger partial charge in [-0.2, -0.15) is 0 Å². The molecule has 54 heavy (non-hydrogen) atoms. The zero-order valence-corrected chi connectivity index (χ0v) is 29.5. The van der Waals surface area contributed by atoms with E-state index in [1.165, 1.54) is 55.9 Å². The topological polar surface area (TPSA) is 27.6 Å². The Morgan fingerprint density at radius 3 is 1.76 bits per heavy atom. The first-order valence-electron chi connectivity index (χ1n) is 18.7. The van der Waals surface area contributed by atoms with Crippen molar-refractivity contribution in [3.8, 4) is 22.3 Å². The van der Waals surface area contributed by atoms with Gasteiger partial charge in [-0.05, 0) is 92.5 Å². The Bertz CT molecular complexity index is 2720. The lowest BCUT2D eigenvalue weighted by Gasteiger charge is -2.45. The van der Waals surface area contributed by atoms with Crippen molar-refractivity contribution in [1.82, 2.24) is 0 Å². The van der Waals surface area contributed by atoms with Crippen molar-refractivity contribution in [1.29, 1.82) is 0 Å². The highest BCUT2D eigenvalue weighted by Gasteiger charge is 2.51. The maximum absolute atomic E-state index is 5.33. The van der Waals surface area contributed by atoms with E-state index in [4.69, 9.17) is 4.99 Å². The molecule has 1 spiro atoms. The average Bonchev–Trinajstić information content (AvgIpc) is 3.54. The lowest BCUT2D eigenvalue weighted by atomic mass is 9.64. The summed E-state index contributed by atoms with van der Waals surface area (Å²) in [7, 11) is 0. The Labute approximate surface area is 315 Å². The zero-order chi connectivity index (χ0) is 35.6. The molecule has 11 rings (SSSR count). The van der Waals surface area contributed by atoms with Crippen LogP contribution in [-0.2, 0) is 5.41 Å². The van der Waals surface area contributed by atoms with Gasteiger partial charge in [0.1, 0.15) is 6.17 Å².